The van der Waals surface area contributed by atoms with Gasteiger partial charge in [0.1, 0.15) is 11.5 Å². The van der Waals surface area contributed by atoms with Crippen molar-refractivity contribution in [1.82, 2.24) is 9.78 Å². The Balaban J connectivity index is 1.81. The molecule has 0 bridgehead atoms. The molecule has 0 atom stereocenters. The molecule has 0 radical (unpaired) electrons. The van der Waals surface area contributed by atoms with E-state index < -0.39 is 0 Å². The number of hydrogen-bond acceptors (Lipinski definition) is 4. The molecule has 0 aliphatic rings. The van der Waals surface area contributed by atoms with Gasteiger partial charge < -0.3 is 14.8 Å². The molecule has 0 aliphatic heterocycles. The van der Waals surface area contributed by atoms with Crippen LogP contribution in [0.3, 0.4) is 0 Å². The summed E-state index contributed by atoms with van der Waals surface area (Å²) in [4.78, 5) is 12.4. The molecule has 0 saturated carbocycles. The number of carbonyl (C=O) groups is 1. The normalized spacial score (nSPS) is 10.9. The van der Waals surface area contributed by atoms with Crippen LogP contribution < -0.4 is 14.8 Å². The molecule has 2 aromatic carbocycles. The summed E-state index contributed by atoms with van der Waals surface area (Å²) in [5, 5.41) is 7.42. The van der Waals surface area contributed by atoms with Crippen LogP contribution in [0.15, 0.2) is 54.6 Å². The van der Waals surface area contributed by atoms with Crippen molar-refractivity contribution in [2.45, 2.75) is 13.8 Å². The average molecular weight is 377 g/mol. The maximum absolute atomic E-state index is 12.4. The van der Waals surface area contributed by atoms with Gasteiger partial charge in [-0.1, -0.05) is 18.2 Å². The zero-order valence-electron chi connectivity index (χ0n) is 16.4. The van der Waals surface area contributed by atoms with Crippen LogP contribution in [-0.4, -0.2) is 29.9 Å². The molecule has 0 unspecified atom stereocenters. The highest BCUT2D eigenvalue weighted by Gasteiger charge is 2.12. The first-order valence-corrected chi connectivity index (χ1v) is 8.86. The van der Waals surface area contributed by atoms with Crippen molar-refractivity contribution in [3.8, 4) is 17.2 Å². The van der Waals surface area contributed by atoms with Crippen molar-refractivity contribution < 1.29 is 14.3 Å². The third kappa shape index (κ3) is 4.06. The summed E-state index contributed by atoms with van der Waals surface area (Å²) < 4.78 is 12.4. The molecule has 1 amide bonds. The Morgan fingerprint density at radius 1 is 1.07 bits per heavy atom. The standard InChI is InChI=1S/C22H23N3O3/c1-15-19(16(2)25(24-15)17-8-6-5-7-9-17)11-13-22(26)23-20-14-18(27-3)10-12-21(20)28-4/h5-14H,1-4H3,(H,23,26)/b13-11+. The lowest BCUT2D eigenvalue weighted by Gasteiger charge is -2.10. The molecule has 1 aromatic heterocycles. The summed E-state index contributed by atoms with van der Waals surface area (Å²) in [7, 11) is 3.13. The predicted octanol–water partition coefficient (Wildman–Crippen LogP) is 4.16. The second-order valence-corrected chi connectivity index (χ2v) is 6.22. The van der Waals surface area contributed by atoms with Gasteiger partial charge in [0.25, 0.3) is 0 Å². The third-order valence-electron chi connectivity index (χ3n) is 4.41. The van der Waals surface area contributed by atoms with Crippen molar-refractivity contribution in [3.05, 3.63) is 71.6 Å². The lowest BCUT2D eigenvalue weighted by molar-refractivity contribution is -0.111. The van der Waals surface area contributed by atoms with Gasteiger partial charge in [0.05, 0.1) is 31.3 Å². The number of rotatable bonds is 6. The maximum atomic E-state index is 12.4. The Morgan fingerprint density at radius 3 is 2.50 bits per heavy atom. The second kappa shape index (κ2) is 8.43. The topological polar surface area (TPSA) is 65.4 Å². The van der Waals surface area contributed by atoms with E-state index in [1.54, 1.807) is 38.5 Å². The van der Waals surface area contributed by atoms with Crippen molar-refractivity contribution in [1.29, 1.82) is 0 Å². The van der Waals surface area contributed by atoms with Crippen LogP contribution in [-0.2, 0) is 4.79 Å². The highest BCUT2D eigenvalue weighted by atomic mass is 16.5. The lowest BCUT2D eigenvalue weighted by Crippen LogP contribution is -2.09. The van der Waals surface area contributed by atoms with Crippen LogP contribution in [0, 0.1) is 13.8 Å². The number of hydrogen-bond donors (Lipinski definition) is 1. The molecule has 0 aliphatic carbocycles. The summed E-state index contributed by atoms with van der Waals surface area (Å²) in [6.07, 6.45) is 3.27. The van der Waals surface area contributed by atoms with Crippen LogP contribution >= 0.6 is 0 Å². The number of methoxy groups -OCH3 is 2. The van der Waals surface area contributed by atoms with E-state index >= 15 is 0 Å². The van der Waals surface area contributed by atoms with E-state index in [2.05, 4.69) is 10.4 Å². The summed E-state index contributed by atoms with van der Waals surface area (Å²) in [6, 6.07) is 15.1. The van der Waals surface area contributed by atoms with Gasteiger partial charge >= 0.3 is 0 Å². The zero-order chi connectivity index (χ0) is 20.1. The van der Waals surface area contributed by atoms with Gasteiger partial charge in [-0.3, -0.25) is 4.79 Å². The number of ether oxygens (including phenoxy) is 2. The fourth-order valence-corrected chi connectivity index (χ4v) is 2.96. The van der Waals surface area contributed by atoms with Crippen molar-refractivity contribution in [2.75, 3.05) is 19.5 Å². The number of carbonyl (C=O) groups excluding carboxylic acids is 1. The molecule has 3 rings (SSSR count). The first kappa shape index (κ1) is 19.2. The van der Waals surface area contributed by atoms with E-state index in [4.69, 9.17) is 9.47 Å². The van der Waals surface area contributed by atoms with E-state index in [1.807, 2.05) is 48.9 Å². The average Bonchev–Trinajstić information content (AvgIpc) is 3.00. The van der Waals surface area contributed by atoms with Gasteiger partial charge in [-0.25, -0.2) is 4.68 Å². The van der Waals surface area contributed by atoms with Gasteiger partial charge in [0.15, 0.2) is 0 Å². The van der Waals surface area contributed by atoms with E-state index in [-0.39, 0.29) is 5.91 Å². The Kier molecular flexibility index (Phi) is 5.79. The second-order valence-electron chi connectivity index (χ2n) is 6.22. The summed E-state index contributed by atoms with van der Waals surface area (Å²) >= 11 is 0. The molecule has 1 N–H and O–H groups in total. The van der Waals surface area contributed by atoms with Gasteiger partial charge in [0, 0.05) is 23.4 Å². The lowest BCUT2D eigenvalue weighted by atomic mass is 10.2. The third-order valence-corrected chi connectivity index (χ3v) is 4.41. The van der Waals surface area contributed by atoms with E-state index in [0.717, 1.165) is 22.6 Å². The first-order valence-electron chi connectivity index (χ1n) is 8.86. The van der Waals surface area contributed by atoms with Crippen LogP contribution in [0.1, 0.15) is 17.0 Å². The van der Waals surface area contributed by atoms with Gasteiger partial charge in [-0.2, -0.15) is 5.10 Å². The van der Waals surface area contributed by atoms with Crippen LogP contribution in [0.2, 0.25) is 0 Å². The molecule has 0 fully saturated rings. The van der Waals surface area contributed by atoms with Crippen LogP contribution in [0.4, 0.5) is 5.69 Å². The molecule has 28 heavy (non-hydrogen) atoms. The van der Waals surface area contributed by atoms with Crippen LogP contribution in [0.25, 0.3) is 11.8 Å². The summed E-state index contributed by atoms with van der Waals surface area (Å²) in [5.41, 5.74) is 4.26. The monoisotopic (exact) mass is 377 g/mol. The Hall–Kier alpha value is -3.54. The SMILES string of the molecule is COc1ccc(OC)c(NC(=O)/C=C/c2c(C)nn(-c3ccccc3)c2C)c1. The number of nitrogens with one attached hydrogen (secondary N) is 1. The molecule has 3 aromatic rings. The number of benzene rings is 2. The Morgan fingerprint density at radius 2 is 1.82 bits per heavy atom. The van der Waals surface area contributed by atoms with E-state index in [9.17, 15) is 4.79 Å². The number of aryl methyl sites for hydroxylation is 1. The van der Waals surface area contributed by atoms with Gasteiger partial charge in [0.2, 0.25) is 5.91 Å². The maximum Gasteiger partial charge on any atom is 0.248 e. The molecular weight excluding hydrogens is 354 g/mol. The smallest absolute Gasteiger partial charge is 0.248 e. The molecule has 0 spiro atoms. The van der Waals surface area contributed by atoms with Crippen LogP contribution in [0.5, 0.6) is 11.5 Å². The molecule has 6 nitrogen and oxygen atoms in total. The first-order chi connectivity index (χ1) is 13.5. The van der Waals surface area contributed by atoms with Crippen molar-refractivity contribution >= 4 is 17.7 Å². The fourth-order valence-electron chi connectivity index (χ4n) is 2.96. The molecule has 1 heterocycles. The van der Waals surface area contributed by atoms with Crippen molar-refractivity contribution in [3.63, 3.8) is 0 Å². The van der Waals surface area contributed by atoms with E-state index in [0.29, 0.717) is 17.2 Å². The number of anilines is 1. The number of amides is 1. The number of aromatic nitrogens is 2. The highest BCUT2D eigenvalue weighted by molar-refractivity contribution is 6.03. The predicted molar refractivity (Wildman–Crippen MR) is 110 cm³/mol. The minimum atomic E-state index is -0.266. The minimum Gasteiger partial charge on any atom is -0.497 e. The zero-order valence-corrected chi connectivity index (χ0v) is 16.4. The van der Waals surface area contributed by atoms with Crippen molar-refractivity contribution in [2.24, 2.45) is 0 Å². The Bertz CT molecular complexity index is 1010. The summed E-state index contributed by atoms with van der Waals surface area (Å²) in [6.45, 7) is 3.91. The minimum absolute atomic E-state index is 0.266. The van der Waals surface area contributed by atoms with Gasteiger partial charge in [-0.05, 0) is 44.2 Å². The van der Waals surface area contributed by atoms with E-state index in [1.165, 1.54) is 6.08 Å². The fraction of sp³-hybridized carbons (Fsp3) is 0.182. The molecule has 6 heteroatoms. The molecular formula is C22H23N3O3. The quantitative estimate of drug-likeness (QED) is 0.655. The highest BCUT2D eigenvalue weighted by Crippen LogP contribution is 2.29. The number of para-hydroxylation sites is 1. The largest absolute Gasteiger partial charge is 0.497 e. The molecule has 0 saturated heterocycles. The molecule has 144 valence electrons. The van der Waals surface area contributed by atoms with Gasteiger partial charge in [-0.15, -0.1) is 0 Å². The summed E-state index contributed by atoms with van der Waals surface area (Å²) in [5.74, 6) is 0.931. The Labute approximate surface area is 164 Å². The number of nitrogens with zero attached hydrogens (tertiary/aromatic N) is 2.